The molecule has 0 spiro atoms. The quantitative estimate of drug-likeness (QED) is 0.324. The van der Waals surface area contributed by atoms with Gasteiger partial charge in [-0.25, -0.2) is 0 Å². The summed E-state index contributed by atoms with van der Waals surface area (Å²) in [6.45, 7) is 1.98. The molecule has 0 saturated carbocycles. The molecule has 0 N–H and O–H groups in total. The van der Waals surface area contributed by atoms with Gasteiger partial charge in [0.2, 0.25) is 0 Å². The van der Waals surface area contributed by atoms with Crippen molar-refractivity contribution in [3.63, 3.8) is 0 Å². The molecule has 0 atom stereocenters. The molecule has 0 aromatic rings. The van der Waals surface area contributed by atoms with E-state index >= 15 is 0 Å². The van der Waals surface area contributed by atoms with Gasteiger partial charge in [0.25, 0.3) is 0 Å². The van der Waals surface area contributed by atoms with Crippen LogP contribution in [0, 0.1) is 0 Å². The van der Waals surface area contributed by atoms with Crippen molar-refractivity contribution in [1.29, 1.82) is 0 Å². The second-order valence-electron chi connectivity index (χ2n) is 2.05. The Hall–Kier alpha value is -0.850. The summed E-state index contributed by atoms with van der Waals surface area (Å²) in [7, 11) is 0. The van der Waals surface area contributed by atoms with E-state index < -0.39 is 0 Å². The van der Waals surface area contributed by atoms with Gasteiger partial charge in [-0.3, -0.25) is 0 Å². The maximum atomic E-state index is 9.86. The van der Waals surface area contributed by atoms with Crippen LogP contribution < -0.4 is 0 Å². The lowest BCUT2D eigenvalue weighted by molar-refractivity contribution is -0.107. The Morgan fingerprint density at radius 1 is 1.20 bits per heavy atom. The number of rotatable bonds is 5. The van der Waals surface area contributed by atoms with Gasteiger partial charge >= 0.3 is 0 Å². The fourth-order valence-electron chi connectivity index (χ4n) is 0.605. The van der Waals surface area contributed by atoms with Crippen LogP contribution in [0.4, 0.5) is 0 Å². The van der Waals surface area contributed by atoms with Crippen LogP contribution in [0.15, 0.2) is 24.3 Å². The van der Waals surface area contributed by atoms with Crippen molar-refractivity contribution in [1.82, 2.24) is 0 Å². The van der Waals surface area contributed by atoms with Crippen molar-refractivity contribution in [3.8, 4) is 0 Å². The van der Waals surface area contributed by atoms with Gasteiger partial charge in [-0.1, -0.05) is 24.3 Å². The Bertz CT molecular complexity index is 123. The Labute approximate surface area is 62.4 Å². The van der Waals surface area contributed by atoms with Crippen LogP contribution in [0.2, 0.25) is 0 Å². The molecular formula is C9H14O. The Balaban J connectivity index is 3.09. The van der Waals surface area contributed by atoms with Crippen LogP contribution in [0.1, 0.15) is 26.2 Å². The molecule has 10 heavy (non-hydrogen) atoms. The van der Waals surface area contributed by atoms with Gasteiger partial charge in [0, 0.05) is 6.42 Å². The molecule has 0 aliphatic heterocycles. The van der Waals surface area contributed by atoms with Crippen LogP contribution in [0.5, 0.6) is 0 Å². The second-order valence-corrected chi connectivity index (χ2v) is 2.05. The first-order chi connectivity index (χ1) is 4.91. The minimum Gasteiger partial charge on any atom is -0.303 e. The molecule has 0 aliphatic rings. The summed E-state index contributed by atoms with van der Waals surface area (Å²) < 4.78 is 0. The van der Waals surface area contributed by atoms with Crippen molar-refractivity contribution in [2.24, 2.45) is 0 Å². The van der Waals surface area contributed by atoms with Crippen molar-refractivity contribution in [3.05, 3.63) is 24.3 Å². The molecule has 1 nitrogen and oxygen atoms in total. The first kappa shape index (κ1) is 9.15. The molecule has 1 heteroatoms. The number of unbranched alkanes of at least 4 members (excludes halogenated alkanes) is 2. The summed E-state index contributed by atoms with van der Waals surface area (Å²) in [4.78, 5) is 9.86. The fourth-order valence-corrected chi connectivity index (χ4v) is 0.605. The largest absolute Gasteiger partial charge is 0.303 e. The smallest absolute Gasteiger partial charge is 0.120 e. The SMILES string of the molecule is C/C=C/C=C/CCCC=O. The highest BCUT2D eigenvalue weighted by atomic mass is 16.1. The van der Waals surface area contributed by atoms with Gasteiger partial charge in [-0.15, -0.1) is 0 Å². The van der Waals surface area contributed by atoms with Crippen LogP contribution in [-0.2, 0) is 4.79 Å². The van der Waals surface area contributed by atoms with E-state index in [9.17, 15) is 4.79 Å². The minimum atomic E-state index is 0.681. The highest BCUT2D eigenvalue weighted by Gasteiger charge is 1.79. The van der Waals surface area contributed by atoms with E-state index in [0.29, 0.717) is 6.42 Å². The zero-order valence-electron chi connectivity index (χ0n) is 6.42. The third kappa shape index (κ3) is 7.15. The van der Waals surface area contributed by atoms with Gasteiger partial charge in [0.15, 0.2) is 0 Å². The Morgan fingerprint density at radius 2 is 2.00 bits per heavy atom. The highest BCUT2D eigenvalue weighted by molar-refractivity contribution is 5.49. The molecule has 0 amide bonds. The van der Waals surface area contributed by atoms with E-state index in [0.717, 1.165) is 19.1 Å². The predicted molar refractivity (Wildman–Crippen MR) is 43.9 cm³/mol. The Morgan fingerprint density at radius 3 is 2.60 bits per heavy atom. The molecule has 0 radical (unpaired) electrons. The molecule has 0 aliphatic carbocycles. The number of aldehydes is 1. The summed E-state index contributed by atoms with van der Waals surface area (Å²) in [6.07, 6.45) is 11.7. The zero-order chi connectivity index (χ0) is 7.66. The van der Waals surface area contributed by atoms with E-state index in [2.05, 4.69) is 6.08 Å². The van der Waals surface area contributed by atoms with Crippen LogP contribution in [0.25, 0.3) is 0 Å². The first-order valence-electron chi connectivity index (χ1n) is 3.63. The molecular weight excluding hydrogens is 124 g/mol. The van der Waals surface area contributed by atoms with Gasteiger partial charge in [0.1, 0.15) is 6.29 Å². The topological polar surface area (TPSA) is 17.1 Å². The monoisotopic (exact) mass is 138 g/mol. The van der Waals surface area contributed by atoms with E-state index in [1.165, 1.54) is 0 Å². The highest BCUT2D eigenvalue weighted by Crippen LogP contribution is 1.93. The number of carbonyl (C=O) groups is 1. The van der Waals surface area contributed by atoms with E-state index in [1.807, 2.05) is 25.2 Å². The van der Waals surface area contributed by atoms with E-state index in [4.69, 9.17) is 0 Å². The standard InChI is InChI=1S/C9H14O/c1-2-3-4-5-6-7-8-9-10/h2-5,9H,6-8H2,1H3/b3-2+,5-4+. The van der Waals surface area contributed by atoms with Crippen molar-refractivity contribution in [2.45, 2.75) is 26.2 Å². The molecule has 0 saturated heterocycles. The van der Waals surface area contributed by atoms with Crippen molar-refractivity contribution >= 4 is 6.29 Å². The van der Waals surface area contributed by atoms with Crippen molar-refractivity contribution in [2.75, 3.05) is 0 Å². The molecule has 56 valence electrons. The minimum absolute atomic E-state index is 0.681. The maximum Gasteiger partial charge on any atom is 0.120 e. The molecule has 0 aromatic carbocycles. The molecule has 0 bridgehead atoms. The molecule has 0 aromatic heterocycles. The van der Waals surface area contributed by atoms with Gasteiger partial charge in [-0.05, 0) is 19.8 Å². The molecule has 0 heterocycles. The predicted octanol–water partition coefficient (Wildman–Crippen LogP) is 2.49. The number of hydrogen-bond donors (Lipinski definition) is 0. The maximum absolute atomic E-state index is 9.86. The second kappa shape index (κ2) is 8.15. The van der Waals surface area contributed by atoms with E-state index in [-0.39, 0.29) is 0 Å². The summed E-state index contributed by atoms with van der Waals surface area (Å²) in [5.41, 5.74) is 0. The van der Waals surface area contributed by atoms with Gasteiger partial charge in [0.05, 0.1) is 0 Å². The summed E-state index contributed by atoms with van der Waals surface area (Å²) in [6, 6.07) is 0. The normalized spacial score (nSPS) is 11.3. The lowest BCUT2D eigenvalue weighted by atomic mass is 10.2. The van der Waals surface area contributed by atoms with Crippen molar-refractivity contribution < 1.29 is 4.79 Å². The number of carbonyl (C=O) groups excluding carboxylic acids is 1. The molecule has 0 fully saturated rings. The van der Waals surface area contributed by atoms with Gasteiger partial charge in [-0.2, -0.15) is 0 Å². The first-order valence-corrected chi connectivity index (χ1v) is 3.63. The number of allylic oxidation sites excluding steroid dienone is 4. The average Bonchev–Trinajstić information content (AvgIpc) is 1.97. The van der Waals surface area contributed by atoms with Crippen LogP contribution in [0.3, 0.4) is 0 Å². The third-order valence-corrected chi connectivity index (χ3v) is 1.13. The lowest BCUT2D eigenvalue weighted by Crippen LogP contribution is -1.72. The average molecular weight is 138 g/mol. The summed E-state index contributed by atoms with van der Waals surface area (Å²) in [5, 5.41) is 0. The number of hydrogen-bond acceptors (Lipinski definition) is 1. The van der Waals surface area contributed by atoms with Crippen LogP contribution >= 0.6 is 0 Å². The summed E-state index contributed by atoms with van der Waals surface area (Å²) >= 11 is 0. The van der Waals surface area contributed by atoms with E-state index in [1.54, 1.807) is 0 Å². The van der Waals surface area contributed by atoms with Crippen LogP contribution in [-0.4, -0.2) is 6.29 Å². The zero-order valence-corrected chi connectivity index (χ0v) is 6.42. The summed E-state index contributed by atoms with van der Waals surface area (Å²) in [5.74, 6) is 0. The molecule has 0 rings (SSSR count). The van der Waals surface area contributed by atoms with Gasteiger partial charge < -0.3 is 4.79 Å². The molecule has 0 unspecified atom stereocenters. The Kier molecular flexibility index (Phi) is 7.46. The fraction of sp³-hybridized carbons (Fsp3) is 0.444. The lowest BCUT2D eigenvalue weighted by Gasteiger charge is -1.84. The third-order valence-electron chi connectivity index (χ3n) is 1.13.